The van der Waals surface area contributed by atoms with Crippen LogP contribution in [0.25, 0.3) is 11.0 Å². The average Bonchev–Trinajstić information content (AvgIpc) is 2.46. The predicted molar refractivity (Wildman–Crippen MR) is 49.0 cm³/mol. The number of rotatable bonds is 1. The van der Waals surface area contributed by atoms with E-state index in [1.165, 1.54) is 12.4 Å². The van der Waals surface area contributed by atoms with E-state index in [-0.39, 0.29) is 0 Å². The number of carbonyl (C=O) groups excluding carboxylic acids is 1. The Bertz CT molecular complexity index is 474. The number of H-pyrrole nitrogens is 1. The molecule has 0 aliphatic rings. The quantitative estimate of drug-likeness (QED) is 0.580. The molecule has 2 aromatic rings. The Morgan fingerprint density at radius 3 is 3.00 bits per heavy atom. The van der Waals surface area contributed by atoms with Gasteiger partial charge < -0.3 is 16.5 Å². The van der Waals surface area contributed by atoms with Gasteiger partial charge in [0.2, 0.25) is 0 Å². The summed E-state index contributed by atoms with van der Waals surface area (Å²) in [6.07, 6.45) is 3.04. The molecule has 0 unspecified atom stereocenters. The number of hydrogen-bond donors (Lipinski definition) is 3. The second kappa shape index (κ2) is 2.48. The van der Waals surface area contributed by atoms with Crippen molar-refractivity contribution >= 4 is 22.6 Å². The fourth-order valence-electron chi connectivity index (χ4n) is 1.22. The van der Waals surface area contributed by atoms with E-state index in [0.29, 0.717) is 22.3 Å². The summed E-state index contributed by atoms with van der Waals surface area (Å²) in [6.45, 7) is 0. The van der Waals surface area contributed by atoms with Crippen molar-refractivity contribution in [1.29, 1.82) is 0 Å². The SMILES string of the molecule is NC(=O)c1c[nH]c2ncc(N)cc12. The van der Waals surface area contributed by atoms with E-state index in [9.17, 15) is 4.79 Å². The number of nitrogen functional groups attached to an aromatic ring is 1. The largest absolute Gasteiger partial charge is 0.397 e. The maximum absolute atomic E-state index is 10.9. The summed E-state index contributed by atoms with van der Waals surface area (Å²) >= 11 is 0. The summed E-state index contributed by atoms with van der Waals surface area (Å²) in [5.41, 5.74) is 12.2. The van der Waals surface area contributed by atoms with Crippen LogP contribution < -0.4 is 11.5 Å². The topological polar surface area (TPSA) is 97.8 Å². The van der Waals surface area contributed by atoms with Gasteiger partial charge in [-0.25, -0.2) is 4.98 Å². The predicted octanol–water partition coefficient (Wildman–Crippen LogP) is 0.244. The van der Waals surface area contributed by atoms with Crippen molar-refractivity contribution in [3.8, 4) is 0 Å². The molecule has 0 spiro atoms. The van der Waals surface area contributed by atoms with E-state index in [1.807, 2.05) is 0 Å². The minimum Gasteiger partial charge on any atom is -0.397 e. The van der Waals surface area contributed by atoms with Gasteiger partial charge in [-0.05, 0) is 6.07 Å². The third-order valence-electron chi connectivity index (χ3n) is 1.82. The van der Waals surface area contributed by atoms with Crippen molar-refractivity contribution in [3.05, 3.63) is 24.0 Å². The highest BCUT2D eigenvalue weighted by Gasteiger charge is 2.08. The van der Waals surface area contributed by atoms with Crippen molar-refractivity contribution in [2.45, 2.75) is 0 Å². The van der Waals surface area contributed by atoms with Crippen molar-refractivity contribution < 1.29 is 4.79 Å². The van der Waals surface area contributed by atoms with Gasteiger partial charge in [0, 0.05) is 11.6 Å². The van der Waals surface area contributed by atoms with Crippen LogP contribution >= 0.6 is 0 Å². The molecule has 0 aromatic carbocycles. The van der Waals surface area contributed by atoms with Gasteiger partial charge in [-0.3, -0.25) is 4.79 Å². The number of anilines is 1. The minimum absolute atomic E-state index is 0.412. The molecule has 1 amide bonds. The molecule has 0 saturated heterocycles. The first-order valence-electron chi connectivity index (χ1n) is 3.71. The van der Waals surface area contributed by atoms with Crippen LogP contribution in [-0.4, -0.2) is 15.9 Å². The molecule has 5 heteroatoms. The lowest BCUT2D eigenvalue weighted by Gasteiger charge is -1.93. The van der Waals surface area contributed by atoms with Gasteiger partial charge in [0.25, 0.3) is 5.91 Å². The van der Waals surface area contributed by atoms with Gasteiger partial charge >= 0.3 is 0 Å². The number of fused-ring (bicyclic) bond motifs is 1. The molecule has 0 aliphatic carbocycles. The molecule has 0 aliphatic heterocycles. The third-order valence-corrected chi connectivity index (χ3v) is 1.82. The maximum Gasteiger partial charge on any atom is 0.250 e. The van der Waals surface area contributed by atoms with E-state index in [1.54, 1.807) is 6.07 Å². The molecular weight excluding hydrogens is 168 g/mol. The highest BCUT2D eigenvalue weighted by molar-refractivity contribution is 6.05. The van der Waals surface area contributed by atoms with Crippen molar-refractivity contribution in [2.24, 2.45) is 5.73 Å². The number of amides is 1. The zero-order valence-corrected chi connectivity index (χ0v) is 6.74. The molecule has 0 atom stereocenters. The summed E-state index contributed by atoms with van der Waals surface area (Å²) in [4.78, 5) is 17.7. The smallest absolute Gasteiger partial charge is 0.250 e. The summed E-state index contributed by atoms with van der Waals surface area (Å²) in [5, 5.41) is 0.660. The first-order valence-corrected chi connectivity index (χ1v) is 3.71. The minimum atomic E-state index is -0.487. The molecule has 2 aromatic heterocycles. The number of nitrogens with two attached hydrogens (primary N) is 2. The highest BCUT2D eigenvalue weighted by atomic mass is 16.1. The summed E-state index contributed by atoms with van der Waals surface area (Å²) in [6, 6.07) is 1.67. The normalized spacial score (nSPS) is 10.5. The maximum atomic E-state index is 10.9. The zero-order chi connectivity index (χ0) is 9.42. The molecule has 0 radical (unpaired) electrons. The van der Waals surface area contributed by atoms with Crippen molar-refractivity contribution in [2.75, 3.05) is 5.73 Å². The number of pyridine rings is 1. The van der Waals surface area contributed by atoms with Crippen LogP contribution in [0.1, 0.15) is 10.4 Å². The summed E-state index contributed by atoms with van der Waals surface area (Å²) < 4.78 is 0. The lowest BCUT2D eigenvalue weighted by atomic mass is 10.2. The van der Waals surface area contributed by atoms with Crippen LogP contribution in [0.15, 0.2) is 18.5 Å². The van der Waals surface area contributed by atoms with E-state index < -0.39 is 5.91 Å². The number of nitrogens with zero attached hydrogens (tertiary/aromatic N) is 1. The second-order valence-electron chi connectivity index (χ2n) is 2.73. The Balaban J connectivity index is 2.79. The number of nitrogens with one attached hydrogen (secondary N) is 1. The van der Waals surface area contributed by atoms with Gasteiger partial charge in [-0.2, -0.15) is 0 Å². The van der Waals surface area contributed by atoms with Gasteiger partial charge in [-0.15, -0.1) is 0 Å². The van der Waals surface area contributed by atoms with Gasteiger partial charge in [-0.1, -0.05) is 0 Å². The Morgan fingerprint density at radius 1 is 1.54 bits per heavy atom. The Labute approximate surface area is 73.7 Å². The molecule has 0 fully saturated rings. The van der Waals surface area contributed by atoms with Gasteiger partial charge in [0.1, 0.15) is 5.65 Å². The molecule has 13 heavy (non-hydrogen) atoms. The number of primary amides is 1. The first-order chi connectivity index (χ1) is 6.18. The van der Waals surface area contributed by atoms with E-state index in [4.69, 9.17) is 11.5 Å². The Hall–Kier alpha value is -2.04. The molecule has 66 valence electrons. The molecule has 2 rings (SSSR count). The van der Waals surface area contributed by atoms with Crippen LogP contribution in [0.5, 0.6) is 0 Å². The van der Waals surface area contributed by atoms with E-state index in [2.05, 4.69) is 9.97 Å². The van der Waals surface area contributed by atoms with Crippen molar-refractivity contribution in [1.82, 2.24) is 9.97 Å². The van der Waals surface area contributed by atoms with Crippen LogP contribution in [0.2, 0.25) is 0 Å². The van der Waals surface area contributed by atoms with Crippen LogP contribution in [0, 0.1) is 0 Å². The zero-order valence-electron chi connectivity index (χ0n) is 6.74. The van der Waals surface area contributed by atoms with E-state index in [0.717, 1.165) is 0 Å². The van der Waals surface area contributed by atoms with Crippen LogP contribution in [0.3, 0.4) is 0 Å². The van der Waals surface area contributed by atoms with Crippen LogP contribution in [-0.2, 0) is 0 Å². The van der Waals surface area contributed by atoms with Crippen molar-refractivity contribution in [3.63, 3.8) is 0 Å². The Morgan fingerprint density at radius 2 is 2.31 bits per heavy atom. The standard InChI is InChI=1S/C8H8N4O/c9-4-1-5-6(7(10)13)3-12-8(5)11-2-4/h1-3H,9H2,(H2,10,13)(H,11,12). The first kappa shape index (κ1) is 7.60. The number of hydrogen-bond acceptors (Lipinski definition) is 3. The molecule has 5 nitrogen and oxygen atoms in total. The summed E-state index contributed by atoms with van der Waals surface area (Å²) in [5.74, 6) is -0.487. The Kier molecular flexibility index (Phi) is 1.45. The average molecular weight is 176 g/mol. The fraction of sp³-hybridized carbons (Fsp3) is 0. The molecule has 5 N–H and O–H groups in total. The second-order valence-corrected chi connectivity index (χ2v) is 2.73. The number of carbonyl (C=O) groups is 1. The highest BCUT2D eigenvalue weighted by Crippen LogP contribution is 2.17. The van der Waals surface area contributed by atoms with Gasteiger partial charge in [0.15, 0.2) is 0 Å². The lowest BCUT2D eigenvalue weighted by Crippen LogP contribution is -2.09. The molecule has 0 bridgehead atoms. The summed E-state index contributed by atoms with van der Waals surface area (Å²) in [7, 11) is 0. The van der Waals surface area contributed by atoms with Crippen LogP contribution in [0.4, 0.5) is 5.69 Å². The number of aromatic amines is 1. The molecule has 0 saturated carbocycles. The molecule has 2 heterocycles. The monoisotopic (exact) mass is 176 g/mol. The lowest BCUT2D eigenvalue weighted by molar-refractivity contribution is 0.100. The molecular formula is C8H8N4O. The van der Waals surface area contributed by atoms with Gasteiger partial charge in [0.05, 0.1) is 17.4 Å². The third kappa shape index (κ3) is 1.10. The fourth-order valence-corrected chi connectivity index (χ4v) is 1.22. The number of aromatic nitrogens is 2. The van der Waals surface area contributed by atoms with E-state index >= 15 is 0 Å².